The Balaban J connectivity index is 1.42. The number of piperazine rings is 1. The quantitative estimate of drug-likeness (QED) is 0.721. The number of carbonyl (C=O) groups is 1. The predicted molar refractivity (Wildman–Crippen MR) is 136 cm³/mol. The minimum atomic E-state index is -0.105. The molecule has 8 heteroatoms. The second kappa shape index (κ2) is 9.64. The lowest BCUT2D eigenvalue weighted by Crippen LogP contribution is -2.52. The van der Waals surface area contributed by atoms with E-state index in [0.717, 1.165) is 65.6 Å². The van der Waals surface area contributed by atoms with Gasteiger partial charge in [-0.05, 0) is 44.6 Å². The maximum atomic E-state index is 13.4. The highest BCUT2D eigenvalue weighted by atomic mass is 16.3. The lowest BCUT2D eigenvalue weighted by molar-refractivity contribution is -0.122. The molecule has 182 valence electrons. The van der Waals surface area contributed by atoms with E-state index in [4.69, 9.17) is 5.10 Å². The molecule has 0 bridgehead atoms. The van der Waals surface area contributed by atoms with Crippen LogP contribution in [-0.2, 0) is 11.2 Å². The van der Waals surface area contributed by atoms with Crippen LogP contribution in [0.4, 0.5) is 0 Å². The molecule has 2 aromatic rings. The van der Waals surface area contributed by atoms with Gasteiger partial charge in [0.2, 0.25) is 0 Å². The Hall–Kier alpha value is -3.49. The smallest absolute Gasteiger partial charge is 0.255 e. The number of allylic oxidation sites excluding steroid dienone is 6. The van der Waals surface area contributed by atoms with Gasteiger partial charge in [-0.15, -0.1) is 0 Å². The van der Waals surface area contributed by atoms with Crippen molar-refractivity contribution >= 4 is 17.0 Å². The molecule has 2 aromatic heterocycles. The molecular formula is C27H32N6O2. The van der Waals surface area contributed by atoms with E-state index in [1.807, 2.05) is 54.2 Å². The van der Waals surface area contributed by atoms with Crippen molar-refractivity contribution in [2.45, 2.75) is 33.2 Å². The molecule has 0 radical (unpaired) electrons. The number of aromatic nitrogens is 3. The van der Waals surface area contributed by atoms with Gasteiger partial charge in [0.1, 0.15) is 0 Å². The molecule has 5 rings (SSSR count). The van der Waals surface area contributed by atoms with Crippen LogP contribution in [0.15, 0.2) is 66.3 Å². The fraction of sp³-hybridized carbons (Fsp3) is 0.370. The monoisotopic (exact) mass is 472 g/mol. The molecule has 0 aliphatic carbocycles. The lowest BCUT2D eigenvalue weighted by Gasteiger charge is -2.42. The summed E-state index contributed by atoms with van der Waals surface area (Å²) < 4.78 is 1.86. The Morgan fingerprint density at radius 1 is 1.17 bits per heavy atom. The fourth-order valence-corrected chi connectivity index (χ4v) is 4.95. The van der Waals surface area contributed by atoms with Gasteiger partial charge in [-0.2, -0.15) is 5.10 Å². The summed E-state index contributed by atoms with van der Waals surface area (Å²) >= 11 is 0. The first kappa shape index (κ1) is 23.3. The van der Waals surface area contributed by atoms with Crippen LogP contribution < -0.4 is 0 Å². The first-order chi connectivity index (χ1) is 17.0. The number of hydrogen-bond donors (Lipinski definition) is 1. The standard InChI is InChI=1S/C27H32N6O2/c1-4-24-26-15-25(29-33(26)16-19(2)28-24)21-6-5-7-22-8-9-23(18-32(22)27(35)14-21)31-11-10-30(12-13-34)20(3)17-31/h5-9,14-16,18,20,34H,4,10-13,17H2,1-3H3/b6-5+,21-14+,22-7+/t20-/m1/s1. The van der Waals surface area contributed by atoms with Crippen molar-refractivity contribution in [3.05, 3.63) is 83.4 Å². The minimum absolute atomic E-state index is 0.105. The summed E-state index contributed by atoms with van der Waals surface area (Å²) in [5, 5.41) is 14.0. The van der Waals surface area contributed by atoms with Gasteiger partial charge in [-0.25, -0.2) is 4.52 Å². The van der Waals surface area contributed by atoms with Gasteiger partial charge in [-0.3, -0.25) is 19.6 Å². The number of aliphatic hydroxyl groups excluding tert-OH is 1. The van der Waals surface area contributed by atoms with Gasteiger partial charge >= 0.3 is 0 Å². The average molecular weight is 473 g/mol. The maximum absolute atomic E-state index is 13.4. The SMILES string of the molecule is CCc1nc(C)cn2nc(C3=C\C(=O)N4C=C(N5CCN(CCO)[C@H](C)C5)C=C\C4=C/C=C/3)cc12. The van der Waals surface area contributed by atoms with Crippen molar-refractivity contribution in [3.63, 3.8) is 0 Å². The third-order valence-electron chi connectivity index (χ3n) is 6.82. The highest BCUT2D eigenvalue weighted by Crippen LogP contribution is 2.26. The maximum Gasteiger partial charge on any atom is 0.255 e. The highest BCUT2D eigenvalue weighted by Gasteiger charge is 2.27. The number of nitrogens with zero attached hydrogens (tertiary/aromatic N) is 6. The number of aryl methyl sites for hydroxylation is 2. The van der Waals surface area contributed by atoms with Crippen molar-refractivity contribution < 1.29 is 9.90 Å². The summed E-state index contributed by atoms with van der Waals surface area (Å²) in [4.78, 5) is 24.4. The Morgan fingerprint density at radius 2 is 2.00 bits per heavy atom. The number of fused-ring (bicyclic) bond motifs is 2. The van der Waals surface area contributed by atoms with Crippen molar-refractivity contribution in [1.29, 1.82) is 0 Å². The van der Waals surface area contributed by atoms with Crippen LogP contribution in [0.3, 0.4) is 0 Å². The fourth-order valence-electron chi connectivity index (χ4n) is 4.95. The number of aliphatic hydroxyl groups is 1. The van der Waals surface area contributed by atoms with Gasteiger partial charge in [0.15, 0.2) is 0 Å². The van der Waals surface area contributed by atoms with Gasteiger partial charge in [-0.1, -0.05) is 19.1 Å². The van der Waals surface area contributed by atoms with Crippen LogP contribution in [0.25, 0.3) is 11.1 Å². The number of hydrogen-bond acceptors (Lipinski definition) is 6. The average Bonchev–Trinajstić information content (AvgIpc) is 3.27. The van der Waals surface area contributed by atoms with Crippen LogP contribution in [0.1, 0.15) is 30.9 Å². The van der Waals surface area contributed by atoms with Crippen molar-refractivity contribution in [1.82, 2.24) is 29.3 Å². The van der Waals surface area contributed by atoms with E-state index in [0.29, 0.717) is 12.6 Å². The van der Waals surface area contributed by atoms with Gasteiger partial charge in [0.25, 0.3) is 5.91 Å². The molecule has 3 aliphatic heterocycles. The van der Waals surface area contributed by atoms with E-state index < -0.39 is 0 Å². The van der Waals surface area contributed by atoms with E-state index in [2.05, 4.69) is 34.7 Å². The van der Waals surface area contributed by atoms with Crippen LogP contribution in [0, 0.1) is 6.92 Å². The minimum Gasteiger partial charge on any atom is -0.395 e. The van der Waals surface area contributed by atoms with Crippen LogP contribution >= 0.6 is 0 Å². The normalized spacial score (nSPS) is 24.9. The second-order valence-corrected chi connectivity index (χ2v) is 9.24. The first-order valence-electron chi connectivity index (χ1n) is 12.3. The number of carbonyl (C=O) groups excluding carboxylic acids is 1. The zero-order valence-electron chi connectivity index (χ0n) is 20.6. The summed E-state index contributed by atoms with van der Waals surface area (Å²) in [5.41, 5.74) is 6.25. The van der Waals surface area contributed by atoms with E-state index in [-0.39, 0.29) is 12.5 Å². The molecule has 0 saturated carbocycles. The number of β-amino-alcohol motifs (C(OH)–C–C–N with tert-alkyl or cyclic N) is 1. The summed E-state index contributed by atoms with van der Waals surface area (Å²) in [6.45, 7) is 9.69. The number of amides is 1. The van der Waals surface area contributed by atoms with E-state index >= 15 is 0 Å². The van der Waals surface area contributed by atoms with Crippen LogP contribution in [0.2, 0.25) is 0 Å². The third kappa shape index (κ3) is 4.59. The second-order valence-electron chi connectivity index (χ2n) is 9.24. The largest absolute Gasteiger partial charge is 0.395 e. The van der Waals surface area contributed by atoms with E-state index in [1.54, 1.807) is 11.0 Å². The van der Waals surface area contributed by atoms with Crippen molar-refractivity contribution in [2.24, 2.45) is 0 Å². The predicted octanol–water partition coefficient (Wildman–Crippen LogP) is 2.68. The molecule has 35 heavy (non-hydrogen) atoms. The molecule has 1 N–H and O–H groups in total. The third-order valence-corrected chi connectivity index (χ3v) is 6.82. The van der Waals surface area contributed by atoms with E-state index in [9.17, 15) is 9.90 Å². The molecule has 1 saturated heterocycles. The molecule has 5 heterocycles. The molecule has 1 atom stereocenters. The summed E-state index contributed by atoms with van der Waals surface area (Å²) in [6, 6.07) is 2.34. The lowest BCUT2D eigenvalue weighted by atomic mass is 10.1. The van der Waals surface area contributed by atoms with Gasteiger partial charge in [0, 0.05) is 55.8 Å². The van der Waals surface area contributed by atoms with E-state index in [1.165, 1.54) is 0 Å². The molecule has 1 amide bonds. The van der Waals surface area contributed by atoms with Gasteiger partial charge < -0.3 is 10.0 Å². The number of rotatable bonds is 5. The Bertz CT molecular complexity index is 1300. The first-order valence-corrected chi connectivity index (χ1v) is 12.3. The summed E-state index contributed by atoms with van der Waals surface area (Å²) in [7, 11) is 0. The van der Waals surface area contributed by atoms with Crippen molar-refractivity contribution in [2.75, 3.05) is 32.8 Å². The molecule has 0 spiro atoms. The molecule has 8 nitrogen and oxygen atoms in total. The zero-order chi connectivity index (χ0) is 24.5. The topological polar surface area (TPSA) is 77.2 Å². The molecule has 1 fully saturated rings. The molecule has 0 aromatic carbocycles. The summed E-state index contributed by atoms with van der Waals surface area (Å²) in [6.07, 6.45) is 16.2. The van der Waals surface area contributed by atoms with Crippen LogP contribution in [0.5, 0.6) is 0 Å². The van der Waals surface area contributed by atoms with Crippen molar-refractivity contribution in [3.8, 4) is 0 Å². The zero-order valence-corrected chi connectivity index (χ0v) is 20.6. The molecule has 0 unspecified atom stereocenters. The Morgan fingerprint density at radius 3 is 2.77 bits per heavy atom. The highest BCUT2D eigenvalue weighted by molar-refractivity contribution is 5.99. The Kier molecular flexibility index (Phi) is 6.40. The Labute approximate surface area is 205 Å². The molecule has 3 aliphatic rings. The van der Waals surface area contributed by atoms with Gasteiger partial charge in [0.05, 0.1) is 41.1 Å². The van der Waals surface area contributed by atoms with Crippen LogP contribution in [-0.4, -0.2) is 79.1 Å². The summed E-state index contributed by atoms with van der Waals surface area (Å²) in [5.74, 6) is -0.105. The molecular weight excluding hydrogens is 440 g/mol.